The van der Waals surface area contributed by atoms with E-state index in [-0.39, 0.29) is 0 Å². The van der Waals surface area contributed by atoms with Crippen molar-refractivity contribution >= 4 is 11.3 Å². The van der Waals surface area contributed by atoms with E-state index in [0.29, 0.717) is 0 Å². The molecule has 0 amide bonds. The third kappa shape index (κ3) is 3.33. The van der Waals surface area contributed by atoms with Gasteiger partial charge in [0.15, 0.2) is 0 Å². The minimum atomic E-state index is 0.746. The zero-order valence-electron chi connectivity index (χ0n) is 12.0. The van der Waals surface area contributed by atoms with Gasteiger partial charge in [-0.15, -0.1) is 11.3 Å². The van der Waals surface area contributed by atoms with Crippen LogP contribution in [0.4, 0.5) is 0 Å². The van der Waals surface area contributed by atoms with Crippen LogP contribution in [0.25, 0.3) is 0 Å². The molecule has 1 fully saturated rings. The lowest BCUT2D eigenvalue weighted by Crippen LogP contribution is -2.13. The molecule has 0 aliphatic heterocycles. The van der Waals surface area contributed by atoms with Crippen molar-refractivity contribution in [1.82, 2.24) is 10.3 Å². The van der Waals surface area contributed by atoms with Crippen LogP contribution in [0.15, 0.2) is 0 Å². The van der Waals surface area contributed by atoms with Crippen LogP contribution in [0.5, 0.6) is 0 Å². The Kier molecular flexibility index (Phi) is 5.19. The van der Waals surface area contributed by atoms with Gasteiger partial charge in [0.25, 0.3) is 0 Å². The minimum absolute atomic E-state index is 0.746. The predicted molar refractivity (Wildman–Crippen MR) is 79.2 cm³/mol. The van der Waals surface area contributed by atoms with Gasteiger partial charge in [0, 0.05) is 17.3 Å². The summed E-state index contributed by atoms with van der Waals surface area (Å²) >= 11 is 1.96. The van der Waals surface area contributed by atoms with Gasteiger partial charge in [-0.1, -0.05) is 27.2 Å². The van der Waals surface area contributed by atoms with Crippen molar-refractivity contribution in [2.45, 2.75) is 65.3 Å². The molecule has 0 bridgehead atoms. The standard InChI is InChI=1S/C15H26N2S/c1-4-8-16-10-14-13(5-2)17-15(18-14)12-7-6-11(3)9-12/h11-12,16H,4-10H2,1-3H3. The molecular weight excluding hydrogens is 240 g/mol. The summed E-state index contributed by atoms with van der Waals surface area (Å²) in [7, 11) is 0. The van der Waals surface area contributed by atoms with E-state index in [1.807, 2.05) is 11.3 Å². The number of nitrogens with one attached hydrogen (secondary N) is 1. The van der Waals surface area contributed by atoms with Crippen LogP contribution in [0.1, 0.15) is 68.0 Å². The lowest BCUT2D eigenvalue weighted by atomic mass is 10.1. The molecule has 102 valence electrons. The van der Waals surface area contributed by atoms with E-state index in [9.17, 15) is 0 Å². The first-order valence-corrected chi connectivity index (χ1v) is 8.25. The highest BCUT2D eigenvalue weighted by Crippen LogP contribution is 2.40. The summed E-state index contributed by atoms with van der Waals surface area (Å²) in [5.41, 5.74) is 1.33. The SMILES string of the molecule is CCCNCc1sc(C2CCC(C)C2)nc1CC. The van der Waals surface area contributed by atoms with Crippen molar-refractivity contribution < 1.29 is 0 Å². The second-order valence-electron chi connectivity index (χ2n) is 5.57. The van der Waals surface area contributed by atoms with Crippen molar-refractivity contribution in [3.8, 4) is 0 Å². The van der Waals surface area contributed by atoms with E-state index in [0.717, 1.165) is 31.3 Å². The van der Waals surface area contributed by atoms with Gasteiger partial charge in [0.2, 0.25) is 0 Å². The highest BCUT2D eigenvalue weighted by atomic mass is 32.1. The van der Waals surface area contributed by atoms with Crippen molar-refractivity contribution in [1.29, 1.82) is 0 Å². The average molecular weight is 266 g/mol. The zero-order chi connectivity index (χ0) is 13.0. The zero-order valence-corrected chi connectivity index (χ0v) is 12.8. The van der Waals surface area contributed by atoms with Gasteiger partial charge in [0.05, 0.1) is 10.7 Å². The molecule has 0 spiro atoms. The van der Waals surface area contributed by atoms with Gasteiger partial charge in [-0.05, 0) is 38.1 Å². The Labute approximate surface area is 115 Å². The van der Waals surface area contributed by atoms with E-state index >= 15 is 0 Å². The molecule has 1 aliphatic carbocycles. The number of nitrogens with zero attached hydrogens (tertiary/aromatic N) is 1. The number of aryl methyl sites for hydroxylation is 1. The minimum Gasteiger partial charge on any atom is -0.312 e. The lowest BCUT2D eigenvalue weighted by Gasteiger charge is -2.04. The van der Waals surface area contributed by atoms with E-state index in [4.69, 9.17) is 4.98 Å². The molecule has 1 N–H and O–H groups in total. The Morgan fingerprint density at radius 2 is 2.17 bits per heavy atom. The van der Waals surface area contributed by atoms with Gasteiger partial charge in [-0.3, -0.25) is 0 Å². The molecule has 0 radical (unpaired) electrons. The molecular formula is C15H26N2S. The molecule has 1 aromatic heterocycles. The molecule has 1 saturated carbocycles. The lowest BCUT2D eigenvalue weighted by molar-refractivity contribution is 0.595. The summed E-state index contributed by atoms with van der Waals surface area (Å²) in [5.74, 6) is 1.64. The van der Waals surface area contributed by atoms with Gasteiger partial charge < -0.3 is 5.32 Å². The third-order valence-electron chi connectivity index (χ3n) is 3.89. The molecule has 3 heteroatoms. The molecule has 2 rings (SSSR count). The van der Waals surface area contributed by atoms with Gasteiger partial charge in [0.1, 0.15) is 0 Å². The quantitative estimate of drug-likeness (QED) is 0.784. The first-order chi connectivity index (χ1) is 8.74. The normalized spacial score (nSPS) is 23.7. The number of hydrogen-bond acceptors (Lipinski definition) is 3. The molecule has 0 aromatic carbocycles. The molecule has 2 atom stereocenters. The van der Waals surface area contributed by atoms with E-state index in [2.05, 4.69) is 26.1 Å². The predicted octanol–water partition coefficient (Wildman–Crippen LogP) is 4.11. The third-order valence-corrected chi connectivity index (χ3v) is 5.15. The Morgan fingerprint density at radius 1 is 1.33 bits per heavy atom. The van der Waals surface area contributed by atoms with Gasteiger partial charge >= 0.3 is 0 Å². The van der Waals surface area contributed by atoms with Crippen molar-refractivity contribution in [2.24, 2.45) is 5.92 Å². The molecule has 1 aromatic rings. The Bertz CT molecular complexity index is 373. The molecule has 2 unspecified atom stereocenters. The highest BCUT2D eigenvalue weighted by molar-refractivity contribution is 7.11. The summed E-state index contributed by atoms with van der Waals surface area (Å²) < 4.78 is 0. The van der Waals surface area contributed by atoms with Crippen LogP contribution in [0, 0.1) is 5.92 Å². The monoisotopic (exact) mass is 266 g/mol. The number of rotatable bonds is 6. The maximum Gasteiger partial charge on any atom is 0.0962 e. The number of hydrogen-bond donors (Lipinski definition) is 1. The molecule has 1 heterocycles. The number of aromatic nitrogens is 1. The summed E-state index contributed by atoms with van der Waals surface area (Å²) in [4.78, 5) is 6.38. The van der Waals surface area contributed by atoms with Crippen LogP contribution in [-0.4, -0.2) is 11.5 Å². The topological polar surface area (TPSA) is 24.9 Å². The highest BCUT2D eigenvalue weighted by Gasteiger charge is 2.26. The Balaban J connectivity index is 2.03. The summed E-state index contributed by atoms with van der Waals surface area (Å²) in [6, 6.07) is 0. The van der Waals surface area contributed by atoms with Gasteiger partial charge in [-0.2, -0.15) is 0 Å². The van der Waals surface area contributed by atoms with E-state index in [1.54, 1.807) is 0 Å². The second kappa shape index (κ2) is 6.67. The van der Waals surface area contributed by atoms with Crippen molar-refractivity contribution in [3.63, 3.8) is 0 Å². The summed E-state index contributed by atoms with van der Waals surface area (Å²) in [5, 5.41) is 4.92. The van der Waals surface area contributed by atoms with E-state index in [1.165, 1.54) is 41.3 Å². The second-order valence-corrected chi connectivity index (χ2v) is 6.68. The first kappa shape index (κ1) is 14.0. The fraction of sp³-hybridized carbons (Fsp3) is 0.800. The van der Waals surface area contributed by atoms with Crippen molar-refractivity contribution in [2.75, 3.05) is 6.54 Å². The van der Waals surface area contributed by atoms with E-state index < -0.39 is 0 Å². The summed E-state index contributed by atoms with van der Waals surface area (Å²) in [6.07, 6.45) is 6.35. The summed E-state index contributed by atoms with van der Waals surface area (Å²) in [6.45, 7) is 8.93. The van der Waals surface area contributed by atoms with Crippen LogP contribution in [0.2, 0.25) is 0 Å². The molecule has 1 aliphatic rings. The Hall–Kier alpha value is -0.410. The molecule has 0 saturated heterocycles. The maximum absolute atomic E-state index is 4.90. The Morgan fingerprint density at radius 3 is 2.78 bits per heavy atom. The maximum atomic E-state index is 4.90. The fourth-order valence-corrected chi connectivity index (χ4v) is 4.07. The van der Waals surface area contributed by atoms with Crippen LogP contribution in [0.3, 0.4) is 0 Å². The molecule has 2 nitrogen and oxygen atoms in total. The van der Waals surface area contributed by atoms with Gasteiger partial charge in [-0.25, -0.2) is 4.98 Å². The largest absolute Gasteiger partial charge is 0.312 e. The van der Waals surface area contributed by atoms with Crippen molar-refractivity contribution in [3.05, 3.63) is 15.6 Å². The average Bonchev–Trinajstić information content (AvgIpc) is 2.95. The van der Waals surface area contributed by atoms with Crippen LogP contribution >= 0.6 is 11.3 Å². The van der Waals surface area contributed by atoms with Crippen LogP contribution in [-0.2, 0) is 13.0 Å². The smallest absolute Gasteiger partial charge is 0.0962 e. The molecule has 18 heavy (non-hydrogen) atoms. The first-order valence-electron chi connectivity index (χ1n) is 7.43. The van der Waals surface area contributed by atoms with Crippen LogP contribution < -0.4 is 5.32 Å². The number of thiazole rings is 1. The fourth-order valence-electron chi connectivity index (χ4n) is 2.80.